The van der Waals surface area contributed by atoms with Crippen LogP contribution in [0.25, 0.3) is 6.08 Å². The van der Waals surface area contributed by atoms with Crippen LogP contribution in [0.4, 0.5) is 10.5 Å². The summed E-state index contributed by atoms with van der Waals surface area (Å²) in [7, 11) is 1.40. The van der Waals surface area contributed by atoms with Crippen LogP contribution in [0, 0.1) is 12.3 Å². The van der Waals surface area contributed by atoms with E-state index in [1.165, 1.54) is 43.5 Å². The number of benzene rings is 2. The summed E-state index contributed by atoms with van der Waals surface area (Å²) in [5.41, 5.74) is 0.196. The van der Waals surface area contributed by atoms with Crippen molar-refractivity contribution in [2.45, 2.75) is 0 Å². The van der Waals surface area contributed by atoms with Crippen molar-refractivity contribution < 1.29 is 23.9 Å². The van der Waals surface area contributed by atoms with Crippen LogP contribution in [-0.2, 0) is 9.59 Å². The van der Waals surface area contributed by atoms with Crippen LogP contribution >= 0.6 is 34.8 Å². The fraction of sp³-hybridized carbons (Fsp3) is 0.0952. The van der Waals surface area contributed by atoms with Crippen LogP contribution in [0.15, 0.2) is 35.9 Å². The van der Waals surface area contributed by atoms with E-state index < -0.39 is 17.8 Å². The van der Waals surface area contributed by atoms with E-state index in [2.05, 4.69) is 11.2 Å². The smallest absolute Gasteiger partial charge is 0.335 e. The zero-order valence-electron chi connectivity index (χ0n) is 15.9. The number of nitrogens with zero attached hydrogens (tertiary/aromatic N) is 1. The predicted molar refractivity (Wildman–Crippen MR) is 118 cm³/mol. The molecule has 0 saturated carbocycles. The topological polar surface area (TPSA) is 84.9 Å². The molecule has 0 atom stereocenters. The highest BCUT2D eigenvalue weighted by Crippen LogP contribution is 2.37. The van der Waals surface area contributed by atoms with E-state index in [1.807, 2.05) is 0 Å². The first-order chi connectivity index (χ1) is 14.8. The third-order valence-corrected chi connectivity index (χ3v) is 5.15. The average molecular weight is 480 g/mol. The number of barbiturate groups is 1. The van der Waals surface area contributed by atoms with Crippen LogP contribution in [0.1, 0.15) is 5.56 Å². The second kappa shape index (κ2) is 9.31. The van der Waals surface area contributed by atoms with E-state index in [4.69, 9.17) is 50.7 Å². The van der Waals surface area contributed by atoms with Crippen molar-refractivity contribution in [3.63, 3.8) is 0 Å². The standard InChI is InChI=1S/C21H13Cl3N2O5/c1-3-6-31-18-16(24)8-11(9-17(18)30-2)7-13-19(27)25-21(29)26(20(13)28)12-4-5-14(22)15(23)10-12/h1,4-5,7-10H,6H2,2H3,(H,25,27,29)/b13-7+. The molecule has 1 heterocycles. The minimum absolute atomic E-state index is 0.0296. The molecule has 4 amide bonds. The van der Waals surface area contributed by atoms with Gasteiger partial charge in [0.25, 0.3) is 11.8 Å². The number of methoxy groups -OCH3 is 1. The van der Waals surface area contributed by atoms with Crippen LogP contribution in [-0.4, -0.2) is 31.6 Å². The minimum Gasteiger partial charge on any atom is -0.493 e. The lowest BCUT2D eigenvalue weighted by Crippen LogP contribution is -2.54. The Balaban J connectivity index is 2.03. The summed E-state index contributed by atoms with van der Waals surface area (Å²) in [6.07, 6.45) is 6.47. The molecule has 0 radical (unpaired) electrons. The fourth-order valence-electron chi connectivity index (χ4n) is 2.76. The van der Waals surface area contributed by atoms with E-state index in [1.54, 1.807) is 0 Å². The highest BCUT2D eigenvalue weighted by atomic mass is 35.5. The van der Waals surface area contributed by atoms with Crippen LogP contribution < -0.4 is 19.7 Å². The Kier molecular flexibility index (Phi) is 6.76. The second-order valence-electron chi connectivity index (χ2n) is 6.08. The number of hydrogen-bond acceptors (Lipinski definition) is 5. The molecule has 0 aliphatic carbocycles. The van der Waals surface area contributed by atoms with E-state index in [0.29, 0.717) is 5.56 Å². The Hall–Kier alpha value is -3.18. The van der Waals surface area contributed by atoms with Crippen molar-refractivity contribution in [2.75, 3.05) is 18.6 Å². The number of rotatable bonds is 5. The quantitative estimate of drug-likeness (QED) is 0.392. The van der Waals surface area contributed by atoms with E-state index in [9.17, 15) is 14.4 Å². The van der Waals surface area contributed by atoms with Gasteiger partial charge in [0.05, 0.1) is 27.9 Å². The largest absolute Gasteiger partial charge is 0.493 e. The highest BCUT2D eigenvalue weighted by molar-refractivity contribution is 6.43. The van der Waals surface area contributed by atoms with Gasteiger partial charge in [-0.1, -0.05) is 40.7 Å². The van der Waals surface area contributed by atoms with Gasteiger partial charge in [-0.05, 0) is 42.0 Å². The number of carbonyl (C=O) groups excluding carboxylic acids is 3. The molecule has 10 heteroatoms. The summed E-state index contributed by atoms with van der Waals surface area (Å²) >= 11 is 18.1. The van der Waals surface area contributed by atoms with Crippen LogP contribution in [0.5, 0.6) is 11.5 Å². The number of anilines is 1. The minimum atomic E-state index is -0.917. The number of ether oxygens (including phenoxy) is 2. The van der Waals surface area contributed by atoms with Gasteiger partial charge >= 0.3 is 6.03 Å². The lowest BCUT2D eigenvalue weighted by molar-refractivity contribution is -0.122. The normalized spacial score (nSPS) is 15.0. The Bertz CT molecular complexity index is 1170. The molecule has 0 unspecified atom stereocenters. The summed E-state index contributed by atoms with van der Waals surface area (Å²) in [5, 5.41) is 2.66. The van der Waals surface area contributed by atoms with Crippen molar-refractivity contribution in [2.24, 2.45) is 0 Å². The van der Waals surface area contributed by atoms with Gasteiger partial charge in [-0.25, -0.2) is 9.69 Å². The molecule has 0 spiro atoms. The molecular weight excluding hydrogens is 467 g/mol. The van der Waals surface area contributed by atoms with Gasteiger partial charge in [0, 0.05) is 0 Å². The number of terminal acetylenes is 1. The Morgan fingerprint density at radius 2 is 1.84 bits per heavy atom. The van der Waals surface area contributed by atoms with Crippen molar-refractivity contribution in [1.29, 1.82) is 0 Å². The van der Waals surface area contributed by atoms with Gasteiger partial charge in [-0.15, -0.1) is 6.42 Å². The molecule has 31 heavy (non-hydrogen) atoms. The summed E-state index contributed by atoms with van der Waals surface area (Å²) in [6.45, 7) is -0.0296. The molecule has 3 rings (SSSR count). The maximum absolute atomic E-state index is 13.0. The van der Waals surface area contributed by atoms with Gasteiger partial charge < -0.3 is 9.47 Å². The summed E-state index contributed by atoms with van der Waals surface area (Å²) < 4.78 is 10.6. The molecule has 1 aliphatic heterocycles. The van der Waals surface area contributed by atoms with Gasteiger partial charge in [0.15, 0.2) is 11.5 Å². The number of nitrogens with one attached hydrogen (secondary N) is 1. The van der Waals surface area contributed by atoms with Crippen molar-refractivity contribution >= 4 is 64.4 Å². The highest BCUT2D eigenvalue weighted by Gasteiger charge is 2.37. The third-order valence-electron chi connectivity index (χ3n) is 4.13. The first-order valence-corrected chi connectivity index (χ1v) is 9.70. The molecule has 0 bridgehead atoms. The summed E-state index contributed by atoms with van der Waals surface area (Å²) in [4.78, 5) is 38.4. The maximum atomic E-state index is 13.0. The molecule has 1 saturated heterocycles. The molecule has 158 valence electrons. The number of carbonyl (C=O) groups is 3. The number of halogens is 3. The third kappa shape index (κ3) is 4.62. The number of amides is 4. The van der Waals surface area contributed by atoms with Crippen LogP contribution in [0.3, 0.4) is 0 Å². The zero-order chi connectivity index (χ0) is 22.7. The Morgan fingerprint density at radius 1 is 1.10 bits per heavy atom. The number of imide groups is 2. The first kappa shape index (κ1) is 22.5. The maximum Gasteiger partial charge on any atom is 0.335 e. The summed E-state index contributed by atoms with van der Waals surface area (Å²) in [6, 6.07) is 6.25. The average Bonchev–Trinajstić information content (AvgIpc) is 2.72. The second-order valence-corrected chi connectivity index (χ2v) is 7.30. The van der Waals surface area contributed by atoms with Gasteiger partial charge in [-0.3, -0.25) is 14.9 Å². The molecule has 1 N–H and O–H groups in total. The Morgan fingerprint density at radius 3 is 2.48 bits per heavy atom. The van der Waals surface area contributed by atoms with Gasteiger partial charge in [-0.2, -0.15) is 0 Å². The summed E-state index contributed by atoms with van der Waals surface area (Å²) in [5.74, 6) is 1.06. The predicted octanol–water partition coefficient (Wildman–Crippen LogP) is 4.33. The van der Waals surface area contributed by atoms with E-state index >= 15 is 0 Å². The van der Waals surface area contributed by atoms with Gasteiger partial charge in [0.1, 0.15) is 12.2 Å². The number of hydrogen-bond donors (Lipinski definition) is 1. The van der Waals surface area contributed by atoms with E-state index in [-0.39, 0.29) is 44.4 Å². The van der Waals surface area contributed by atoms with Gasteiger partial charge in [0.2, 0.25) is 0 Å². The molecule has 1 aliphatic rings. The SMILES string of the molecule is C#CCOc1c(Cl)cc(/C=C2\C(=O)NC(=O)N(c3ccc(Cl)c(Cl)c3)C2=O)cc1OC. The first-order valence-electron chi connectivity index (χ1n) is 8.57. The molecule has 1 fully saturated rings. The zero-order valence-corrected chi connectivity index (χ0v) is 18.1. The molecule has 7 nitrogen and oxygen atoms in total. The van der Waals surface area contributed by atoms with E-state index in [0.717, 1.165) is 4.90 Å². The fourth-order valence-corrected chi connectivity index (χ4v) is 3.33. The van der Waals surface area contributed by atoms with Crippen molar-refractivity contribution in [1.82, 2.24) is 5.32 Å². The van der Waals surface area contributed by atoms with Crippen molar-refractivity contribution in [3.05, 3.63) is 56.5 Å². The van der Waals surface area contributed by atoms with Crippen LogP contribution in [0.2, 0.25) is 15.1 Å². The molecule has 2 aromatic carbocycles. The lowest BCUT2D eigenvalue weighted by atomic mass is 10.1. The monoisotopic (exact) mass is 478 g/mol. The molecule has 2 aromatic rings. The molecular formula is C21H13Cl3N2O5. The lowest BCUT2D eigenvalue weighted by Gasteiger charge is -2.26. The van der Waals surface area contributed by atoms with Crippen molar-refractivity contribution in [3.8, 4) is 23.8 Å². The Labute approximate surface area is 192 Å². The molecule has 0 aromatic heterocycles. The number of urea groups is 1.